The van der Waals surface area contributed by atoms with Gasteiger partial charge in [-0.1, -0.05) is 17.4 Å². The van der Waals surface area contributed by atoms with Crippen LogP contribution in [-0.2, 0) is 20.9 Å². The summed E-state index contributed by atoms with van der Waals surface area (Å²) >= 11 is 1.29. The minimum Gasteiger partial charge on any atom is -0.497 e. The van der Waals surface area contributed by atoms with Crippen molar-refractivity contribution >= 4 is 39.5 Å². The average molecular weight is 426 g/mol. The second-order valence-electron chi connectivity index (χ2n) is 6.28. The number of esters is 1. The summed E-state index contributed by atoms with van der Waals surface area (Å²) in [7, 11) is 2.89. The Bertz CT molecular complexity index is 1220. The summed E-state index contributed by atoms with van der Waals surface area (Å²) in [5.74, 6) is 1.10. The Morgan fingerprint density at radius 1 is 1.17 bits per heavy atom. The predicted molar refractivity (Wildman–Crippen MR) is 111 cm³/mol. The van der Waals surface area contributed by atoms with Crippen LogP contribution in [0.1, 0.15) is 5.56 Å². The Hall–Kier alpha value is -3.59. The van der Waals surface area contributed by atoms with Gasteiger partial charge in [-0.2, -0.15) is 4.99 Å². The number of carbonyl (C=O) groups excluding carboxylic acids is 2. The van der Waals surface area contributed by atoms with E-state index in [0.29, 0.717) is 22.0 Å². The van der Waals surface area contributed by atoms with Crippen LogP contribution < -0.4 is 19.0 Å². The van der Waals surface area contributed by atoms with Gasteiger partial charge in [-0.25, -0.2) is 0 Å². The number of aromatic nitrogens is 1. The normalized spacial score (nSPS) is 13.2. The molecule has 1 aliphatic rings. The molecule has 0 bridgehead atoms. The molecule has 1 amide bonds. The summed E-state index contributed by atoms with van der Waals surface area (Å²) in [6, 6.07) is 10.8. The van der Waals surface area contributed by atoms with E-state index >= 15 is 0 Å². The summed E-state index contributed by atoms with van der Waals surface area (Å²) in [4.78, 5) is 28.9. The maximum absolute atomic E-state index is 12.5. The molecule has 0 atom stereocenters. The van der Waals surface area contributed by atoms with Crippen molar-refractivity contribution in [3.63, 3.8) is 0 Å². The monoisotopic (exact) mass is 426 g/mol. The second-order valence-corrected chi connectivity index (χ2v) is 7.29. The van der Waals surface area contributed by atoms with Crippen molar-refractivity contribution in [2.45, 2.75) is 6.54 Å². The Morgan fingerprint density at radius 3 is 2.80 bits per heavy atom. The molecule has 1 aromatic heterocycles. The number of carbonyl (C=O) groups is 2. The first-order valence-electron chi connectivity index (χ1n) is 8.98. The highest BCUT2D eigenvalue weighted by molar-refractivity contribution is 7.16. The van der Waals surface area contributed by atoms with Crippen molar-refractivity contribution in [2.75, 3.05) is 21.0 Å². The number of rotatable bonds is 5. The molecule has 0 unspecified atom stereocenters. The molecular formula is C21H18N2O6S. The van der Waals surface area contributed by atoms with Crippen LogP contribution in [0, 0.1) is 0 Å². The molecule has 0 saturated heterocycles. The Kier molecular flexibility index (Phi) is 5.53. The third-order valence-corrected chi connectivity index (χ3v) is 5.47. The third-order valence-electron chi connectivity index (χ3n) is 4.43. The summed E-state index contributed by atoms with van der Waals surface area (Å²) < 4.78 is 23.1. The van der Waals surface area contributed by atoms with Crippen molar-refractivity contribution in [1.82, 2.24) is 4.57 Å². The molecule has 0 radical (unpaired) electrons. The van der Waals surface area contributed by atoms with Gasteiger partial charge in [-0.3, -0.25) is 9.59 Å². The first kappa shape index (κ1) is 19.7. The fourth-order valence-corrected chi connectivity index (χ4v) is 3.99. The van der Waals surface area contributed by atoms with Gasteiger partial charge in [0.05, 0.1) is 24.4 Å². The molecule has 154 valence electrons. The van der Waals surface area contributed by atoms with Crippen LogP contribution in [0.15, 0.2) is 47.5 Å². The first-order chi connectivity index (χ1) is 14.6. The lowest BCUT2D eigenvalue weighted by atomic mass is 10.2. The van der Waals surface area contributed by atoms with Gasteiger partial charge >= 0.3 is 5.97 Å². The largest absolute Gasteiger partial charge is 0.497 e. The first-order valence-corrected chi connectivity index (χ1v) is 9.79. The summed E-state index contributed by atoms with van der Waals surface area (Å²) in [6.45, 7) is 0.133. The van der Waals surface area contributed by atoms with Crippen LogP contribution in [0.3, 0.4) is 0 Å². The number of nitrogens with zero attached hydrogens (tertiary/aromatic N) is 2. The average Bonchev–Trinajstić information content (AvgIpc) is 3.35. The van der Waals surface area contributed by atoms with E-state index in [4.69, 9.17) is 18.9 Å². The maximum atomic E-state index is 12.5. The molecule has 30 heavy (non-hydrogen) atoms. The molecule has 0 spiro atoms. The van der Waals surface area contributed by atoms with Crippen molar-refractivity contribution in [1.29, 1.82) is 0 Å². The van der Waals surface area contributed by atoms with E-state index in [2.05, 4.69) is 4.99 Å². The van der Waals surface area contributed by atoms with Gasteiger partial charge in [0.1, 0.15) is 12.3 Å². The standard InChI is InChI=1S/C21H18N2O6S/c1-26-14-5-6-15-18(10-14)30-21(23(15)11-20(25)27-2)22-19(24)8-4-13-3-7-16-17(9-13)29-12-28-16/h3-10H,11-12H2,1-2H3. The fourth-order valence-electron chi connectivity index (χ4n) is 2.93. The van der Waals surface area contributed by atoms with E-state index in [-0.39, 0.29) is 13.3 Å². The summed E-state index contributed by atoms with van der Waals surface area (Å²) in [5, 5.41) is 0. The van der Waals surface area contributed by atoms with Crippen LogP contribution in [-0.4, -0.2) is 37.5 Å². The lowest BCUT2D eigenvalue weighted by molar-refractivity contribution is -0.141. The zero-order valence-corrected chi connectivity index (χ0v) is 17.1. The smallest absolute Gasteiger partial charge is 0.325 e. The Balaban J connectivity index is 1.67. The zero-order chi connectivity index (χ0) is 21.1. The van der Waals surface area contributed by atoms with E-state index in [1.165, 1.54) is 24.5 Å². The number of ether oxygens (including phenoxy) is 4. The summed E-state index contributed by atoms with van der Waals surface area (Å²) in [6.07, 6.45) is 3.01. The molecule has 2 aromatic carbocycles. The number of fused-ring (bicyclic) bond motifs is 2. The highest BCUT2D eigenvalue weighted by Gasteiger charge is 2.13. The van der Waals surface area contributed by atoms with Crippen LogP contribution >= 0.6 is 11.3 Å². The number of thiazole rings is 1. The van der Waals surface area contributed by atoms with Gasteiger partial charge in [0, 0.05) is 6.08 Å². The molecule has 4 rings (SSSR count). The van der Waals surface area contributed by atoms with Crippen molar-refractivity contribution in [2.24, 2.45) is 4.99 Å². The van der Waals surface area contributed by atoms with Gasteiger partial charge in [-0.15, -0.1) is 0 Å². The lowest BCUT2D eigenvalue weighted by Gasteiger charge is -2.04. The molecule has 8 nitrogen and oxygen atoms in total. The number of benzene rings is 2. The van der Waals surface area contributed by atoms with Crippen molar-refractivity contribution < 1.29 is 28.5 Å². The van der Waals surface area contributed by atoms with Crippen LogP contribution in [0.2, 0.25) is 0 Å². The van der Waals surface area contributed by atoms with E-state index < -0.39 is 11.9 Å². The Labute approximate surface area is 175 Å². The van der Waals surface area contributed by atoms with Crippen molar-refractivity contribution in [3.8, 4) is 17.2 Å². The predicted octanol–water partition coefficient (Wildman–Crippen LogP) is 2.75. The second kappa shape index (κ2) is 8.42. The van der Waals surface area contributed by atoms with E-state index in [1.807, 2.05) is 18.2 Å². The zero-order valence-electron chi connectivity index (χ0n) is 16.3. The molecule has 0 aliphatic carbocycles. The lowest BCUT2D eigenvalue weighted by Crippen LogP contribution is -2.22. The minimum absolute atomic E-state index is 0.0547. The number of methoxy groups -OCH3 is 2. The van der Waals surface area contributed by atoms with E-state index in [0.717, 1.165) is 15.8 Å². The van der Waals surface area contributed by atoms with Crippen LogP contribution in [0.4, 0.5) is 0 Å². The maximum Gasteiger partial charge on any atom is 0.325 e. The Morgan fingerprint density at radius 2 is 2.00 bits per heavy atom. The van der Waals surface area contributed by atoms with Gasteiger partial charge in [0.15, 0.2) is 16.3 Å². The number of hydrogen-bond donors (Lipinski definition) is 0. The number of hydrogen-bond acceptors (Lipinski definition) is 7. The molecule has 0 N–H and O–H groups in total. The van der Waals surface area contributed by atoms with Gasteiger partial charge in [0.2, 0.25) is 6.79 Å². The van der Waals surface area contributed by atoms with E-state index in [9.17, 15) is 9.59 Å². The van der Waals surface area contributed by atoms with Gasteiger partial charge in [0.25, 0.3) is 5.91 Å². The number of amides is 1. The topological polar surface area (TPSA) is 88.4 Å². The summed E-state index contributed by atoms with van der Waals surface area (Å²) in [5.41, 5.74) is 1.55. The fraction of sp³-hybridized carbons (Fsp3) is 0.190. The third kappa shape index (κ3) is 4.06. The quantitative estimate of drug-likeness (QED) is 0.461. The van der Waals surface area contributed by atoms with Crippen LogP contribution in [0.5, 0.6) is 17.2 Å². The molecular weight excluding hydrogens is 408 g/mol. The van der Waals surface area contributed by atoms with Gasteiger partial charge in [-0.05, 0) is 42.0 Å². The SMILES string of the molecule is COC(=O)Cn1c(=NC(=O)C=Cc2ccc3c(c2)OCO3)sc2cc(OC)ccc21. The minimum atomic E-state index is -0.454. The van der Waals surface area contributed by atoms with Crippen molar-refractivity contribution in [3.05, 3.63) is 52.8 Å². The highest BCUT2D eigenvalue weighted by Crippen LogP contribution is 2.32. The van der Waals surface area contributed by atoms with Gasteiger partial charge < -0.3 is 23.5 Å². The molecule has 3 aromatic rings. The van der Waals surface area contributed by atoms with Crippen LogP contribution in [0.25, 0.3) is 16.3 Å². The highest BCUT2D eigenvalue weighted by atomic mass is 32.1. The molecule has 2 heterocycles. The molecule has 0 saturated carbocycles. The molecule has 1 aliphatic heterocycles. The molecule has 0 fully saturated rings. The molecule has 9 heteroatoms. The van der Waals surface area contributed by atoms with E-state index in [1.54, 1.807) is 36.0 Å².